The molecule has 2 heteroatoms. The predicted molar refractivity (Wildman–Crippen MR) is 84.8 cm³/mol. The zero-order valence-corrected chi connectivity index (χ0v) is 12.5. The summed E-state index contributed by atoms with van der Waals surface area (Å²) in [7, 11) is 0. The van der Waals surface area contributed by atoms with Gasteiger partial charge in [0.05, 0.1) is 0 Å². The molecule has 1 aliphatic rings. The Kier molecular flexibility index (Phi) is 3.51. The summed E-state index contributed by atoms with van der Waals surface area (Å²) >= 11 is 0. The number of hydrogen-bond acceptors (Lipinski definition) is 2. The van der Waals surface area contributed by atoms with Gasteiger partial charge < -0.3 is 5.73 Å². The molecule has 0 spiro atoms. The molecule has 0 bridgehead atoms. The maximum atomic E-state index is 6.65. The summed E-state index contributed by atoms with van der Waals surface area (Å²) < 4.78 is 0. The van der Waals surface area contributed by atoms with E-state index in [2.05, 4.69) is 37.0 Å². The van der Waals surface area contributed by atoms with E-state index < -0.39 is 0 Å². The first-order valence-electron chi connectivity index (χ1n) is 7.77. The van der Waals surface area contributed by atoms with Crippen molar-refractivity contribution in [1.82, 2.24) is 4.98 Å². The van der Waals surface area contributed by atoms with Crippen LogP contribution in [0.25, 0.3) is 10.8 Å². The lowest BCUT2D eigenvalue weighted by atomic mass is 9.77. The molecule has 2 N–H and O–H groups in total. The van der Waals surface area contributed by atoms with Crippen molar-refractivity contribution in [3.8, 4) is 0 Å². The quantitative estimate of drug-likeness (QED) is 0.872. The van der Waals surface area contributed by atoms with E-state index in [0.29, 0.717) is 5.92 Å². The van der Waals surface area contributed by atoms with Crippen LogP contribution in [0.5, 0.6) is 0 Å². The van der Waals surface area contributed by atoms with Crippen molar-refractivity contribution >= 4 is 10.8 Å². The van der Waals surface area contributed by atoms with Crippen LogP contribution in [0.3, 0.4) is 0 Å². The highest BCUT2D eigenvalue weighted by molar-refractivity contribution is 5.86. The van der Waals surface area contributed by atoms with E-state index in [0.717, 1.165) is 12.8 Å². The molecule has 1 aromatic heterocycles. The van der Waals surface area contributed by atoms with E-state index in [1.165, 1.54) is 41.2 Å². The SMILES string of the molecule is CC(C)c1cncc2cc(C3(N)CCCCC3)ccc12. The smallest absolute Gasteiger partial charge is 0.0409 e. The average Bonchev–Trinajstić information content (AvgIpc) is 2.46. The van der Waals surface area contributed by atoms with E-state index in [1.54, 1.807) is 0 Å². The molecule has 3 rings (SSSR count). The molecule has 0 amide bonds. The van der Waals surface area contributed by atoms with Gasteiger partial charge in [-0.05, 0) is 41.3 Å². The highest BCUT2D eigenvalue weighted by atomic mass is 14.7. The lowest BCUT2D eigenvalue weighted by molar-refractivity contribution is 0.302. The lowest BCUT2D eigenvalue weighted by Gasteiger charge is -2.34. The molecule has 106 valence electrons. The Bertz CT molecular complexity index is 610. The van der Waals surface area contributed by atoms with Crippen molar-refractivity contribution in [1.29, 1.82) is 0 Å². The minimum atomic E-state index is -0.125. The molecule has 1 aromatic carbocycles. The Balaban J connectivity index is 2.07. The van der Waals surface area contributed by atoms with Crippen molar-refractivity contribution in [2.24, 2.45) is 5.73 Å². The van der Waals surface area contributed by atoms with Crippen molar-refractivity contribution < 1.29 is 0 Å². The molecule has 1 heterocycles. The minimum Gasteiger partial charge on any atom is -0.321 e. The van der Waals surface area contributed by atoms with Crippen molar-refractivity contribution in [3.05, 3.63) is 41.7 Å². The fourth-order valence-corrected chi connectivity index (χ4v) is 3.44. The van der Waals surface area contributed by atoms with Crippen LogP contribution in [-0.2, 0) is 5.54 Å². The van der Waals surface area contributed by atoms with Gasteiger partial charge in [0.15, 0.2) is 0 Å². The van der Waals surface area contributed by atoms with Crippen LogP contribution in [0.1, 0.15) is 63.0 Å². The highest BCUT2D eigenvalue weighted by Gasteiger charge is 2.29. The van der Waals surface area contributed by atoms with Crippen LogP contribution < -0.4 is 5.73 Å². The fourth-order valence-electron chi connectivity index (χ4n) is 3.44. The molecule has 0 radical (unpaired) electrons. The van der Waals surface area contributed by atoms with Gasteiger partial charge in [-0.3, -0.25) is 4.98 Å². The largest absolute Gasteiger partial charge is 0.321 e. The first-order valence-corrected chi connectivity index (χ1v) is 7.77. The van der Waals surface area contributed by atoms with Gasteiger partial charge in [-0.1, -0.05) is 45.2 Å². The van der Waals surface area contributed by atoms with E-state index in [4.69, 9.17) is 5.73 Å². The molecule has 1 saturated carbocycles. The van der Waals surface area contributed by atoms with Crippen LogP contribution in [0.2, 0.25) is 0 Å². The molecule has 0 aliphatic heterocycles. The second-order valence-corrected chi connectivity index (χ2v) is 6.54. The van der Waals surface area contributed by atoms with Gasteiger partial charge in [0.25, 0.3) is 0 Å². The van der Waals surface area contributed by atoms with Crippen molar-refractivity contribution in [2.45, 2.75) is 57.4 Å². The maximum Gasteiger partial charge on any atom is 0.0409 e. The molecule has 2 nitrogen and oxygen atoms in total. The number of nitrogens with two attached hydrogens (primary N) is 1. The Labute approximate surface area is 121 Å². The molecule has 0 atom stereocenters. The van der Waals surface area contributed by atoms with E-state index in [1.807, 2.05) is 12.4 Å². The van der Waals surface area contributed by atoms with E-state index in [-0.39, 0.29) is 5.54 Å². The molecule has 0 saturated heterocycles. The molecule has 20 heavy (non-hydrogen) atoms. The summed E-state index contributed by atoms with van der Waals surface area (Å²) in [6.07, 6.45) is 10.00. The third-order valence-electron chi connectivity index (χ3n) is 4.73. The zero-order chi connectivity index (χ0) is 14.2. The molecule has 1 aliphatic carbocycles. The summed E-state index contributed by atoms with van der Waals surface area (Å²) in [4.78, 5) is 4.40. The summed E-state index contributed by atoms with van der Waals surface area (Å²) in [6, 6.07) is 6.74. The standard InChI is InChI=1S/C18H24N2/c1-13(2)17-12-20-11-14-10-15(6-7-16(14)17)18(19)8-4-3-5-9-18/h6-7,10-13H,3-5,8-9,19H2,1-2H3. The Morgan fingerprint density at radius 1 is 1.10 bits per heavy atom. The third kappa shape index (κ3) is 2.33. The lowest BCUT2D eigenvalue weighted by Crippen LogP contribution is -2.38. The number of aromatic nitrogens is 1. The summed E-state index contributed by atoms with van der Waals surface area (Å²) in [5.41, 5.74) is 9.13. The summed E-state index contributed by atoms with van der Waals surface area (Å²) in [5, 5.41) is 2.54. The molecular weight excluding hydrogens is 244 g/mol. The number of benzene rings is 1. The van der Waals surface area contributed by atoms with Crippen LogP contribution >= 0.6 is 0 Å². The minimum absolute atomic E-state index is 0.125. The van der Waals surface area contributed by atoms with Crippen molar-refractivity contribution in [3.63, 3.8) is 0 Å². The summed E-state index contributed by atoms with van der Waals surface area (Å²) in [6.45, 7) is 4.44. The molecular formula is C18H24N2. The van der Waals surface area contributed by atoms with Gasteiger partial charge in [-0.25, -0.2) is 0 Å². The van der Waals surface area contributed by atoms with E-state index in [9.17, 15) is 0 Å². The van der Waals surface area contributed by atoms with Gasteiger partial charge >= 0.3 is 0 Å². The van der Waals surface area contributed by atoms with Gasteiger partial charge in [0.1, 0.15) is 0 Å². The molecule has 1 fully saturated rings. The first kappa shape index (κ1) is 13.6. The zero-order valence-electron chi connectivity index (χ0n) is 12.5. The van der Waals surface area contributed by atoms with Gasteiger partial charge in [-0.2, -0.15) is 0 Å². The normalized spacial score (nSPS) is 18.6. The second kappa shape index (κ2) is 5.17. The fraction of sp³-hybridized carbons (Fsp3) is 0.500. The van der Waals surface area contributed by atoms with Crippen molar-refractivity contribution in [2.75, 3.05) is 0 Å². The Hall–Kier alpha value is -1.41. The average molecular weight is 268 g/mol. The van der Waals surface area contributed by atoms with Gasteiger partial charge in [0, 0.05) is 23.3 Å². The number of nitrogens with zero attached hydrogens (tertiary/aromatic N) is 1. The second-order valence-electron chi connectivity index (χ2n) is 6.54. The molecule has 2 aromatic rings. The highest BCUT2D eigenvalue weighted by Crippen LogP contribution is 2.36. The van der Waals surface area contributed by atoms with Crippen LogP contribution in [0.15, 0.2) is 30.6 Å². The maximum absolute atomic E-state index is 6.65. The van der Waals surface area contributed by atoms with Crippen LogP contribution in [0, 0.1) is 0 Å². The monoisotopic (exact) mass is 268 g/mol. The molecule has 0 unspecified atom stereocenters. The Morgan fingerprint density at radius 2 is 1.85 bits per heavy atom. The Morgan fingerprint density at radius 3 is 2.55 bits per heavy atom. The summed E-state index contributed by atoms with van der Waals surface area (Å²) in [5.74, 6) is 0.499. The van der Waals surface area contributed by atoms with Gasteiger partial charge in [-0.15, -0.1) is 0 Å². The predicted octanol–water partition coefficient (Wildman–Crippen LogP) is 4.48. The van der Waals surface area contributed by atoms with Crippen LogP contribution in [-0.4, -0.2) is 4.98 Å². The third-order valence-corrected chi connectivity index (χ3v) is 4.73. The number of pyridine rings is 1. The number of rotatable bonds is 2. The number of hydrogen-bond donors (Lipinski definition) is 1. The first-order chi connectivity index (χ1) is 9.60. The van der Waals surface area contributed by atoms with Crippen LogP contribution in [0.4, 0.5) is 0 Å². The van der Waals surface area contributed by atoms with Gasteiger partial charge in [0.2, 0.25) is 0 Å². The number of fused-ring (bicyclic) bond motifs is 1. The van der Waals surface area contributed by atoms with E-state index >= 15 is 0 Å². The topological polar surface area (TPSA) is 38.9 Å².